The Morgan fingerprint density at radius 1 is 1.26 bits per heavy atom. The van der Waals surface area contributed by atoms with Crippen molar-refractivity contribution in [2.75, 3.05) is 13.7 Å². The van der Waals surface area contributed by atoms with Crippen molar-refractivity contribution in [3.8, 4) is 0 Å². The molecule has 0 aromatic heterocycles. The van der Waals surface area contributed by atoms with Gasteiger partial charge in [-0.15, -0.1) is 11.8 Å². The molecule has 4 nitrogen and oxygen atoms in total. The second kappa shape index (κ2) is 7.19. The number of carbonyl (C=O) groups is 2. The molecule has 1 aromatic rings. The lowest BCUT2D eigenvalue weighted by molar-refractivity contribution is -0.141. The number of esters is 1. The monoisotopic (exact) mass is 281 g/mol. The lowest BCUT2D eigenvalue weighted by Crippen LogP contribution is -2.42. The molecule has 104 valence electrons. The molecule has 0 aliphatic carbocycles. The SMILES string of the molecule is COC(=O)CNC(=O)C(C)(C)SCc1ccccc1. The predicted molar refractivity (Wildman–Crippen MR) is 76.8 cm³/mol. The third-order valence-electron chi connectivity index (χ3n) is 2.61. The molecular weight excluding hydrogens is 262 g/mol. The average molecular weight is 281 g/mol. The van der Waals surface area contributed by atoms with Gasteiger partial charge in [0.25, 0.3) is 0 Å². The lowest BCUT2D eigenvalue weighted by atomic mass is 10.2. The summed E-state index contributed by atoms with van der Waals surface area (Å²) in [4.78, 5) is 22.9. The fourth-order valence-electron chi connectivity index (χ4n) is 1.34. The van der Waals surface area contributed by atoms with Crippen LogP contribution in [0.1, 0.15) is 19.4 Å². The van der Waals surface area contributed by atoms with E-state index in [4.69, 9.17) is 0 Å². The topological polar surface area (TPSA) is 55.4 Å². The second-order valence-corrected chi connectivity index (χ2v) is 6.14. The Bertz CT molecular complexity index is 432. The van der Waals surface area contributed by atoms with Crippen molar-refractivity contribution >= 4 is 23.6 Å². The summed E-state index contributed by atoms with van der Waals surface area (Å²) in [6.07, 6.45) is 0. The fraction of sp³-hybridized carbons (Fsp3) is 0.429. The van der Waals surface area contributed by atoms with Gasteiger partial charge in [-0.1, -0.05) is 30.3 Å². The van der Waals surface area contributed by atoms with E-state index in [1.165, 1.54) is 24.4 Å². The molecule has 0 heterocycles. The summed E-state index contributed by atoms with van der Waals surface area (Å²) in [7, 11) is 1.30. The van der Waals surface area contributed by atoms with Crippen LogP contribution in [0.15, 0.2) is 30.3 Å². The van der Waals surface area contributed by atoms with Crippen molar-refractivity contribution < 1.29 is 14.3 Å². The Morgan fingerprint density at radius 3 is 2.47 bits per heavy atom. The molecule has 0 fully saturated rings. The van der Waals surface area contributed by atoms with E-state index in [-0.39, 0.29) is 12.5 Å². The quantitative estimate of drug-likeness (QED) is 0.810. The highest BCUT2D eigenvalue weighted by Crippen LogP contribution is 2.28. The molecule has 19 heavy (non-hydrogen) atoms. The van der Waals surface area contributed by atoms with Crippen LogP contribution < -0.4 is 5.32 Å². The van der Waals surface area contributed by atoms with Crippen LogP contribution in [0.4, 0.5) is 0 Å². The first-order valence-corrected chi connectivity index (χ1v) is 6.97. The minimum Gasteiger partial charge on any atom is -0.468 e. The maximum absolute atomic E-state index is 12.0. The molecule has 0 atom stereocenters. The van der Waals surface area contributed by atoms with Gasteiger partial charge >= 0.3 is 5.97 Å². The molecule has 1 rings (SSSR count). The number of hydrogen-bond donors (Lipinski definition) is 1. The van der Waals surface area contributed by atoms with Gasteiger partial charge < -0.3 is 10.1 Å². The molecule has 0 bridgehead atoms. The summed E-state index contributed by atoms with van der Waals surface area (Å²) < 4.78 is 3.89. The molecule has 0 aliphatic rings. The molecule has 0 aliphatic heterocycles. The molecule has 1 amide bonds. The number of carbonyl (C=O) groups excluding carboxylic acids is 2. The van der Waals surface area contributed by atoms with Crippen molar-refractivity contribution in [1.82, 2.24) is 5.32 Å². The standard InChI is InChI=1S/C14H19NO3S/c1-14(2,13(17)15-9-12(16)18-3)19-10-11-7-5-4-6-8-11/h4-8H,9-10H2,1-3H3,(H,15,17). The van der Waals surface area contributed by atoms with E-state index in [9.17, 15) is 9.59 Å². The van der Waals surface area contributed by atoms with Crippen molar-refractivity contribution in [2.45, 2.75) is 24.3 Å². The first-order valence-electron chi connectivity index (χ1n) is 5.98. The lowest BCUT2D eigenvalue weighted by Gasteiger charge is -2.22. The van der Waals surface area contributed by atoms with Crippen molar-refractivity contribution in [2.24, 2.45) is 0 Å². The minimum atomic E-state index is -0.593. The number of methoxy groups -OCH3 is 1. The maximum Gasteiger partial charge on any atom is 0.325 e. The highest BCUT2D eigenvalue weighted by atomic mass is 32.2. The van der Waals surface area contributed by atoms with Crippen LogP contribution in [-0.4, -0.2) is 30.3 Å². The highest BCUT2D eigenvalue weighted by Gasteiger charge is 2.28. The minimum absolute atomic E-state index is 0.0926. The van der Waals surface area contributed by atoms with Gasteiger partial charge in [-0.2, -0.15) is 0 Å². The van der Waals surface area contributed by atoms with Crippen molar-refractivity contribution in [3.05, 3.63) is 35.9 Å². The van der Waals surface area contributed by atoms with Crippen LogP contribution in [0.2, 0.25) is 0 Å². The van der Waals surface area contributed by atoms with Crippen LogP contribution in [0.5, 0.6) is 0 Å². The van der Waals surface area contributed by atoms with Gasteiger partial charge in [0.1, 0.15) is 6.54 Å². The number of benzene rings is 1. The third kappa shape index (κ3) is 5.34. The van der Waals surface area contributed by atoms with E-state index < -0.39 is 10.7 Å². The van der Waals surface area contributed by atoms with E-state index in [2.05, 4.69) is 10.1 Å². The Balaban J connectivity index is 2.46. The number of amides is 1. The van der Waals surface area contributed by atoms with Crippen molar-refractivity contribution in [1.29, 1.82) is 0 Å². The first-order chi connectivity index (χ1) is 8.95. The molecule has 5 heteroatoms. The second-order valence-electron chi connectivity index (χ2n) is 4.54. The van der Waals surface area contributed by atoms with E-state index in [1.54, 1.807) is 0 Å². The Kier molecular flexibility index (Phi) is 5.89. The summed E-state index contributed by atoms with van der Waals surface area (Å²) in [5.74, 6) is 0.135. The number of rotatable bonds is 6. The maximum atomic E-state index is 12.0. The summed E-state index contributed by atoms with van der Waals surface area (Å²) in [6, 6.07) is 9.95. The van der Waals surface area contributed by atoms with E-state index in [1.807, 2.05) is 44.2 Å². The molecule has 0 saturated carbocycles. The van der Waals surface area contributed by atoms with E-state index in [0.29, 0.717) is 0 Å². The van der Waals surface area contributed by atoms with Gasteiger partial charge in [0, 0.05) is 5.75 Å². The number of hydrogen-bond acceptors (Lipinski definition) is 4. The Labute approximate surface area is 117 Å². The van der Waals surface area contributed by atoms with Crippen LogP contribution in [0.25, 0.3) is 0 Å². The van der Waals surface area contributed by atoms with Crippen LogP contribution in [-0.2, 0) is 20.1 Å². The number of thioether (sulfide) groups is 1. The van der Waals surface area contributed by atoms with E-state index in [0.717, 1.165) is 5.75 Å². The van der Waals surface area contributed by atoms with Gasteiger partial charge in [0.2, 0.25) is 5.91 Å². The van der Waals surface area contributed by atoms with Gasteiger partial charge in [0.15, 0.2) is 0 Å². The normalized spacial score (nSPS) is 10.9. The number of ether oxygens (including phenoxy) is 1. The number of nitrogens with one attached hydrogen (secondary N) is 1. The van der Waals surface area contributed by atoms with Crippen LogP contribution in [0.3, 0.4) is 0 Å². The Morgan fingerprint density at radius 2 is 1.89 bits per heavy atom. The summed E-state index contributed by atoms with van der Waals surface area (Å²) >= 11 is 1.54. The zero-order valence-corrected chi connectivity index (χ0v) is 12.3. The summed E-state index contributed by atoms with van der Waals surface area (Å²) in [6.45, 7) is 3.59. The molecule has 1 N–H and O–H groups in total. The average Bonchev–Trinajstić information content (AvgIpc) is 2.43. The highest BCUT2D eigenvalue weighted by molar-refractivity contribution is 8.00. The Hall–Kier alpha value is -1.49. The molecule has 0 radical (unpaired) electrons. The van der Waals surface area contributed by atoms with Gasteiger partial charge in [-0.3, -0.25) is 9.59 Å². The zero-order chi connectivity index (χ0) is 14.3. The van der Waals surface area contributed by atoms with Gasteiger partial charge in [-0.25, -0.2) is 0 Å². The van der Waals surface area contributed by atoms with Crippen LogP contribution in [0, 0.1) is 0 Å². The summed E-state index contributed by atoms with van der Waals surface area (Å²) in [5, 5.41) is 2.58. The zero-order valence-electron chi connectivity index (χ0n) is 11.4. The van der Waals surface area contributed by atoms with Gasteiger partial charge in [0.05, 0.1) is 11.9 Å². The smallest absolute Gasteiger partial charge is 0.325 e. The molecule has 0 spiro atoms. The largest absolute Gasteiger partial charge is 0.468 e. The van der Waals surface area contributed by atoms with Gasteiger partial charge in [-0.05, 0) is 19.4 Å². The fourth-order valence-corrected chi connectivity index (χ4v) is 2.26. The molecular formula is C14H19NO3S. The molecule has 1 aromatic carbocycles. The first kappa shape index (κ1) is 15.6. The van der Waals surface area contributed by atoms with E-state index >= 15 is 0 Å². The van der Waals surface area contributed by atoms with Crippen LogP contribution >= 0.6 is 11.8 Å². The predicted octanol–water partition coefficient (Wildman–Crippen LogP) is 1.99. The molecule has 0 unspecified atom stereocenters. The summed E-state index contributed by atoms with van der Waals surface area (Å²) in [5.41, 5.74) is 1.17. The van der Waals surface area contributed by atoms with Crippen molar-refractivity contribution in [3.63, 3.8) is 0 Å². The molecule has 0 saturated heterocycles. The third-order valence-corrected chi connectivity index (χ3v) is 4.00.